The summed E-state index contributed by atoms with van der Waals surface area (Å²) in [7, 11) is 0. The predicted octanol–water partition coefficient (Wildman–Crippen LogP) is 0.751. The number of carbonyl (C=O) groups is 1. The zero-order chi connectivity index (χ0) is 11.5. The summed E-state index contributed by atoms with van der Waals surface area (Å²) in [5.74, 6) is 0.717. The van der Waals surface area contributed by atoms with Gasteiger partial charge in [-0.15, -0.1) is 0 Å². The number of hydrogen-bond donors (Lipinski definition) is 1. The van der Waals surface area contributed by atoms with E-state index in [2.05, 4.69) is 4.90 Å². The zero-order valence-corrected chi connectivity index (χ0v) is 10.0. The average molecular weight is 226 g/mol. The first-order valence-electron chi connectivity index (χ1n) is 6.34. The number of rotatable bonds is 6. The van der Waals surface area contributed by atoms with Crippen LogP contribution in [0, 0.1) is 5.92 Å². The van der Waals surface area contributed by atoms with Gasteiger partial charge >= 0.3 is 5.97 Å². The number of nitrogens with zero attached hydrogens (tertiary/aromatic N) is 1. The van der Waals surface area contributed by atoms with Crippen molar-refractivity contribution in [2.24, 2.45) is 11.7 Å². The third-order valence-electron chi connectivity index (χ3n) is 3.49. The van der Waals surface area contributed by atoms with Crippen molar-refractivity contribution in [3.8, 4) is 0 Å². The summed E-state index contributed by atoms with van der Waals surface area (Å²) in [5.41, 5.74) is 5.80. The van der Waals surface area contributed by atoms with Crippen LogP contribution in [-0.2, 0) is 9.53 Å². The molecule has 2 saturated carbocycles. The van der Waals surface area contributed by atoms with Crippen molar-refractivity contribution in [3.63, 3.8) is 0 Å². The minimum Gasteiger partial charge on any atom is -0.465 e. The van der Waals surface area contributed by atoms with E-state index in [0.717, 1.165) is 25.3 Å². The first kappa shape index (κ1) is 11.9. The van der Waals surface area contributed by atoms with E-state index in [1.54, 1.807) is 0 Å². The smallest absolute Gasteiger partial charge is 0.320 e. The summed E-state index contributed by atoms with van der Waals surface area (Å²) in [5, 5.41) is 0. The predicted molar refractivity (Wildman–Crippen MR) is 61.9 cm³/mol. The molecule has 0 saturated heterocycles. The van der Waals surface area contributed by atoms with Crippen LogP contribution in [0.1, 0.15) is 32.6 Å². The highest BCUT2D eigenvalue weighted by atomic mass is 16.5. The Hall–Kier alpha value is -0.610. The number of esters is 1. The lowest BCUT2D eigenvalue weighted by atomic mass is 9.86. The van der Waals surface area contributed by atoms with Gasteiger partial charge in [0.1, 0.15) is 0 Å². The van der Waals surface area contributed by atoms with Gasteiger partial charge < -0.3 is 10.5 Å². The molecule has 0 heterocycles. The molecule has 0 atom stereocenters. The van der Waals surface area contributed by atoms with Crippen LogP contribution in [-0.4, -0.2) is 42.6 Å². The molecule has 0 aliphatic heterocycles. The molecule has 0 aromatic carbocycles. The van der Waals surface area contributed by atoms with E-state index in [9.17, 15) is 4.79 Å². The molecule has 2 fully saturated rings. The number of hydrogen-bond acceptors (Lipinski definition) is 4. The average Bonchev–Trinajstić information content (AvgIpc) is 2.96. The highest BCUT2D eigenvalue weighted by molar-refractivity contribution is 5.71. The van der Waals surface area contributed by atoms with E-state index < -0.39 is 0 Å². The van der Waals surface area contributed by atoms with E-state index in [-0.39, 0.29) is 5.97 Å². The fourth-order valence-corrected chi connectivity index (χ4v) is 2.28. The van der Waals surface area contributed by atoms with Crippen LogP contribution < -0.4 is 5.73 Å². The van der Waals surface area contributed by atoms with E-state index >= 15 is 0 Å². The van der Waals surface area contributed by atoms with Crippen molar-refractivity contribution in [1.29, 1.82) is 0 Å². The minimum atomic E-state index is -0.0939. The van der Waals surface area contributed by atoms with Crippen LogP contribution in [0.5, 0.6) is 0 Å². The number of ether oxygens (including phenoxy) is 1. The molecule has 0 aromatic heterocycles. The van der Waals surface area contributed by atoms with Crippen molar-refractivity contribution in [3.05, 3.63) is 0 Å². The van der Waals surface area contributed by atoms with Crippen LogP contribution in [0.2, 0.25) is 0 Å². The molecule has 0 amide bonds. The maximum Gasteiger partial charge on any atom is 0.320 e. The standard InChI is InChI=1S/C12H22N2O2/c1-2-16-12(15)8-14(7-9-3-4-9)11-5-10(13)6-11/h9-11H,2-8,13H2,1H3. The second-order valence-corrected chi connectivity index (χ2v) is 5.06. The molecule has 4 heteroatoms. The first-order chi connectivity index (χ1) is 7.69. The minimum absolute atomic E-state index is 0.0939. The van der Waals surface area contributed by atoms with Gasteiger partial charge in [0.2, 0.25) is 0 Å². The van der Waals surface area contributed by atoms with Crippen molar-refractivity contribution in [1.82, 2.24) is 4.90 Å². The molecule has 2 aliphatic rings. The first-order valence-corrected chi connectivity index (χ1v) is 6.34. The molecule has 92 valence electrons. The molecule has 2 rings (SSSR count). The van der Waals surface area contributed by atoms with Gasteiger partial charge in [0.15, 0.2) is 0 Å². The third-order valence-corrected chi connectivity index (χ3v) is 3.49. The summed E-state index contributed by atoms with van der Waals surface area (Å²) in [6, 6.07) is 0.855. The Morgan fingerprint density at radius 2 is 2.12 bits per heavy atom. The molecule has 0 spiro atoms. The summed E-state index contributed by atoms with van der Waals surface area (Å²) in [6.07, 6.45) is 4.70. The Bertz CT molecular complexity index is 247. The highest BCUT2D eigenvalue weighted by Crippen LogP contribution is 2.33. The molecule has 0 bridgehead atoms. The molecule has 0 aromatic rings. The summed E-state index contributed by atoms with van der Waals surface area (Å²) >= 11 is 0. The van der Waals surface area contributed by atoms with E-state index in [4.69, 9.17) is 10.5 Å². The molecular formula is C12H22N2O2. The largest absolute Gasteiger partial charge is 0.465 e. The molecule has 2 N–H and O–H groups in total. The van der Waals surface area contributed by atoms with Gasteiger partial charge in [-0.05, 0) is 38.5 Å². The van der Waals surface area contributed by atoms with E-state index in [1.807, 2.05) is 6.92 Å². The lowest BCUT2D eigenvalue weighted by Gasteiger charge is -2.41. The molecule has 0 radical (unpaired) electrons. The molecule has 2 aliphatic carbocycles. The van der Waals surface area contributed by atoms with Crippen LogP contribution in [0.4, 0.5) is 0 Å². The SMILES string of the molecule is CCOC(=O)CN(CC1CC1)C1CC(N)C1. The fraction of sp³-hybridized carbons (Fsp3) is 0.917. The summed E-state index contributed by atoms with van der Waals surface area (Å²) < 4.78 is 5.01. The Morgan fingerprint density at radius 3 is 2.62 bits per heavy atom. The van der Waals surface area contributed by atoms with Crippen LogP contribution in [0.3, 0.4) is 0 Å². The second-order valence-electron chi connectivity index (χ2n) is 5.06. The van der Waals surface area contributed by atoms with Crippen molar-refractivity contribution < 1.29 is 9.53 Å². The van der Waals surface area contributed by atoms with Gasteiger partial charge in [-0.1, -0.05) is 0 Å². The van der Waals surface area contributed by atoms with E-state index in [1.165, 1.54) is 12.8 Å². The van der Waals surface area contributed by atoms with Gasteiger partial charge in [-0.25, -0.2) is 0 Å². The van der Waals surface area contributed by atoms with Crippen LogP contribution in [0.25, 0.3) is 0 Å². The van der Waals surface area contributed by atoms with E-state index in [0.29, 0.717) is 25.2 Å². The Labute approximate surface area is 97.1 Å². The topological polar surface area (TPSA) is 55.6 Å². The van der Waals surface area contributed by atoms with Gasteiger partial charge in [0.05, 0.1) is 13.2 Å². The van der Waals surface area contributed by atoms with Crippen molar-refractivity contribution in [2.45, 2.75) is 44.7 Å². The normalized spacial score (nSPS) is 28.9. The maximum atomic E-state index is 11.5. The lowest BCUT2D eigenvalue weighted by Crippen LogP contribution is -2.52. The molecule has 16 heavy (non-hydrogen) atoms. The number of carbonyl (C=O) groups excluding carboxylic acids is 1. The molecule has 0 unspecified atom stereocenters. The Balaban J connectivity index is 1.79. The van der Waals surface area contributed by atoms with Gasteiger partial charge in [0.25, 0.3) is 0 Å². The lowest BCUT2D eigenvalue weighted by molar-refractivity contribution is -0.145. The number of nitrogens with two attached hydrogens (primary N) is 1. The fourth-order valence-electron chi connectivity index (χ4n) is 2.28. The summed E-state index contributed by atoms with van der Waals surface area (Å²) in [4.78, 5) is 13.8. The van der Waals surface area contributed by atoms with Crippen molar-refractivity contribution in [2.75, 3.05) is 19.7 Å². The third kappa shape index (κ3) is 3.19. The van der Waals surface area contributed by atoms with Gasteiger partial charge in [0, 0.05) is 18.6 Å². The monoisotopic (exact) mass is 226 g/mol. The summed E-state index contributed by atoms with van der Waals surface area (Å²) in [6.45, 7) is 3.82. The van der Waals surface area contributed by atoms with Gasteiger partial charge in [-0.3, -0.25) is 9.69 Å². The maximum absolute atomic E-state index is 11.5. The van der Waals surface area contributed by atoms with Crippen LogP contribution >= 0.6 is 0 Å². The van der Waals surface area contributed by atoms with Gasteiger partial charge in [-0.2, -0.15) is 0 Å². The Morgan fingerprint density at radius 1 is 1.44 bits per heavy atom. The second kappa shape index (κ2) is 5.15. The van der Waals surface area contributed by atoms with Crippen LogP contribution in [0.15, 0.2) is 0 Å². The quantitative estimate of drug-likeness (QED) is 0.679. The Kier molecular flexibility index (Phi) is 3.82. The molecular weight excluding hydrogens is 204 g/mol. The molecule has 4 nitrogen and oxygen atoms in total. The highest BCUT2D eigenvalue weighted by Gasteiger charge is 2.35. The van der Waals surface area contributed by atoms with Crippen molar-refractivity contribution >= 4 is 5.97 Å². The zero-order valence-electron chi connectivity index (χ0n) is 10.0.